The van der Waals surface area contributed by atoms with Crippen LogP contribution < -0.4 is 0 Å². The highest BCUT2D eigenvalue weighted by Gasteiger charge is 2.17. The Kier molecular flexibility index (Phi) is 3.39. The van der Waals surface area contributed by atoms with Crippen LogP contribution in [-0.4, -0.2) is 14.5 Å². The van der Waals surface area contributed by atoms with E-state index >= 15 is 0 Å². The van der Waals surface area contributed by atoms with Gasteiger partial charge in [0, 0.05) is 38.8 Å². The molecule has 0 aliphatic heterocycles. The lowest BCUT2D eigenvalue weighted by molar-refractivity contribution is 1.14. The maximum Gasteiger partial charge on any atom is 0.0645 e. The summed E-state index contributed by atoms with van der Waals surface area (Å²) < 4.78 is 2.35. The van der Waals surface area contributed by atoms with Gasteiger partial charge >= 0.3 is 0 Å². The molecule has 0 bridgehead atoms. The second kappa shape index (κ2) is 6.46. The van der Waals surface area contributed by atoms with Crippen molar-refractivity contribution in [1.29, 1.82) is 0 Å². The molecular formula is C31H19N3. The average molecular weight is 434 g/mol. The Hall–Kier alpha value is -4.63. The van der Waals surface area contributed by atoms with E-state index in [0.717, 1.165) is 11.2 Å². The summed E-state index contributed by atoms with van der Waals surface area (Å²) in [6, 6.07) is 35.1. The van der Waals surface area contributed by atoms with E-state index in [1.807, 2.05) is 18.5 Å². The first-order valence-corrected chi connectivity index (χ1v) is 11.6. The molecule has 0 aliphatic carbocycles. The number of rotatable bonds is 1. The van der Waals surface area contributed by atoms with E-state index in [9.17, 15) is 0 Å². The van der Waals surface area contributed by atoms with Gasteiger partial charge in [0.15, 0.2) is 0 Å². The zero-order valence-electron chi connectivity index (χ0n) is 18.3. The van der Waals surface area contributed by atoms with E-state index in [1.54, 1.807) is 0 Å². The van der Waals surface area contributed by atoms with Gasteiger partial charge in [-0.15, -0.1) is 0 Å². The molecular weight excluding hydrogens is 414 g/mol. The summed E-state index contributed by atoms with van der Waals surface area (Å²) in [6.07, 6.45) is 3.78. The minimum atomic E-state index is 1.07. The summed E-state index contributed by atoms with van der Waals surface area (Å²) >= 11 is 0. The van der Waals surface area contributed by atoms with Crippen molar-refractivity contribution < 1.29 is 0 Å². The number of pyridine rings is 1. The number of aromatic amines is 1. The molecule has 0 unspecified atom stereocenters. The molecule has 0 aliphatic rings. The van der Waals surface area contributed by atoms with Crippen LogP contribution in [-0.2, 0) is 0 Å². The summed E-state index contributed by atoms with van der Waals surface area (Å²) in [5.74, 6) is 0. The van der Waals surface area contributed by atoms with Crippen molar-refractivity contribution in [2.75, 3.05) is 0 Å². The molecule has 0 amide bonds. The van der Waals surface area contributed by atoms with Gasteiger partial charge in [-0.1, -0.05) is 54.6 Å². The van der Waals surface area contributed by atoms with Crippen LogP contribution in [0.15, 0.2) is 109 Å². The molecule has 3 nitrogen and oxygen atoms in total. The molecule has 0 spiro atoms. The number of benzene rings is 5. The Morgan fingerprint density at radius 1 is 0.559 bits per heavy atom. The van der Waals surface area contributed by atoms with Gasteiger partial charge in [0.05, 0.1) is 22.9 Å². The number of H-pyrrole nitrogens is 1. The van der Waals surface area contributed by atoms with Gasteiger partial charge in [0.2, 0.25) is 0 Å². The maximum absolute atomic E-state index is 4.43. The first-order chi connectivity index (χ1) is 16.8. The Balaban J connectivity index is 1.61. The molecule has 8 aromatic rings. The second-order valence-corrected chi connectivity index (χ2v) is 9.01. The van der Waals surface area contributed by atoms with Crippen molar-refractivity contribution in [2.24, 2.45) is 0 Å². The Labute approximate surface area is 194 Å². The Morgan fingerprint density at radius 2 is 1.32 bits per heavy atom. The van der Waals surface area contributed by atoms with Crippen LogP contribution >= 0.6 is 0 Å². The lowest BCUT2D eigenvalue weighted by Crippen LogP contribution is -1.94. The summed E-state index contributed by atoms with van der Waals surface area (Å²) in [5.41, 5.74) is 5.80. The fourth-order valence-corrected chi connectivity index (χ4v) is 5.63. The number of nitrogens with zero attached hydrogens (tertiary/aromatic N) is 2. The molecule has 0 atom stereocenters. The van der Waals surface area contributed by atoms with Crippen molar-refractivity contribution in [3.8, 4) is 5.69 Å². The molecule has 3 heterocycles. The lowest BCUT2D eigenvalue weighted by atomic mass is 10.0. The maximum atomic E-state index is 4.43. The van der Waals surface area contributed by atoms with Crippen LogP contribution in [0.25, 0.3) is 70.8 Å². The molecule has 5 aromatic carbocycles. The molecule has 158 valence electrons. The predicted octanol–water partition coefficient (Wildman–Crippen LogP) is 8.12. The zero-order valence-corrected chi connectivity index (χ0v) is 18.3. The van der Waals surface area contributed by atoms with E-state index < -0.39 is 0 Å². The Morgan fingerprint density at radius 3 is 2.18 bits per heavy atom. The van der Waals surface area contributed by atoms with Crippen LogP contribution in [0, 0.1) is 0 Å². The highest BCUT2D eigenvalue weighted by Crippen LogP contribution is 2.40. The van der Waals surface area contributed by atoms with E-state index in [1.165, 1.54) is 59.6 Å². The summed E-state index contributed by atoms with van der Waals surface area (Å²) in [7, 11) is 0. The first kappa shape index (κ1) is 17.9. The summed E-state index contributed by atoms with van der Waals surface area (Å²) in [6.45, 7) is 0. The van der Waals surface area contributed by atoms with Crippen molar-refractivity contribution in [1.82, 2.24) is 14.5 Å². The van der Waals surface area contributed by atoms with E-state index in [0.29, 0.717) is 0 Å². The van der Waals surface area contributed by atoms with Crippen LogP contribution in [0.5, 0.6) is 0 Å². The number of hydrogen-bond acceptors (Lipinski definition) is 1. The fraction of sp³-hybridized carbons (Fsp3) is 0. The highest BCUT2D eigenvalue weighted by atomic mass is 15.0. The third-order valence-corrected chi connectivity index (χ3v) is 7.14. The average Bonchev–Trinajstić information content (AvgIpc) is 3.41. The van der Waals surface area contributed by atoms with E-state index in [4.69, 9.17) is 0 Å². The molecule has 0 saturated heterocycles. The van der Waals surface area contributed by atoms with Crippen LogP contribution in [0.3, 0.4) is 0 Å². The molecule has 0 radical (unpaired) electrons. The molecule has 34 heavy (non-hydrogen) atoms. The van der Waals surface area contributed by atoms with Crippen LogP contribution in [0.1, 0.15) is 0 Å². The fourth-order valence-electron chi connectivity index (χ4n) is 5.63. The predicted molar refractivity (Wildman–Crippen MR) is 143 cm³/mol. The highest BCUT2D eigenvalue weighted by molar-refractivity contribution is 6.24. The van der Waals surface area contributed by atoms with Crippen molar-refractivity contribution in [3.05, 3.63) is 109 Å². The van der Waals surface area contributed by atoms with Crippen LogP contribution in [0.4, 0.5) is 0 Å². The van der Waals surface area contributed by atoms with Crippen LogP contribution in [0.2, 0.25) is 0 Å². The van der Waals surface area contributed by atoms with Gasteiger partial charge in [-0.2, -0.15) is 0 Å². The minimum absolute atomic E-state index is 1.07. The first-order valence-electron chi connectivity index (χ1n) is 11.6. The third kappa shape index (κ3) is 2.33. The SMILES string of the molecule is c1cncc(-n2c3cc4ccccc4cc3c3cc4[nH]c5ccc6ccccc6c5c4cc32)c1. The number of hydrogen-bond donors (Lipinski definition) is 1. The summed E-state index contributed by atoms with van der Waals surface area (Å²) in [4.78, 5) is 8.12. The van der Waals surface area contributed by atoms with Crippen molar-refractivity contribution in [3.63, 3.8) is 0 Å². The molecule has 3 heteroatoms. The topological polar surface area (TPSA) is 33.6 Å². The third-order valence-electron chi connectivity index (χ3n) is 7.14. The van der Waals surface area contributed by atoms with Gasteiger partial charge < -0.3 is 9.55 Å². The van der Waals surface area contributed by atoms with Gasteiger partial charge in [-0.3, -0.25) is 4.98 Å². The zero-order chi connectivity index (χ0) is 22.2. The molecule has 0 saturated carbocycles. The van der Waals surface area contributed by atoms with Gasteiger partial charge in [-0.25, -0.2) is 0 Å². The smallest absolute Gasteiger partial charge is 0.0645 e. The quantitative estimate of drug-likeness (QED) is 0.279. The monoisotopic (exact) mass is 433 g/mol. The minimum Gasteiger partial charge on any atom is -0.354 e. The van der Waals surface area contributed by atoms with Gasteiger partial charge in [0.1, 0.15) is 0 Å². The normalized spacial score (nSPS) is 12.1. The van der Waals surface area contributed by atoms with E-state index in [2.05, 4.69) is 106 Å². The standard InChI is InChI=1S/C31H19N3/c1-2-8-21-15-29-24(14-20(21)7-1)25-16-28-26(17-30(25)34(29)22-9-5-13-32-18-22)31-23-10-4-3-6-19(23)11-12-27(31)33-28/h1-18,33H. The number of nitrogens with one attached hydrogen (secondary N) is 1. The number of fused-ring (bicyclic) bond motifs is 9. The van der Waals surface area contributed by atoms with Gasteiger partial charge in [0.25, 0.3) is 0 Å². The number of aromatic nitrogens is 3. The van der Waals surface area contributed by atoms with Crippen molar-refractivity contribution in [2.45, 2.75) is 0 Å². The second-order valence-electron chi connectivity index (χ2n) is 9.01. The summed E-state index contributed by atoms with van der Waals surface area (Å²) in [5, 5.41) is 10.1. The lowest BCUT2D eigenvalue weighted by Gasteiger charge is -2.08. The molecule has 1 N–H and O–H groups in total. The molecule has 3 aromatic heterocycles. The largest absolute Gasteiger partial charge is 0.354 e. The molecule has 0 fully saturated rings. The Bertz CT molecular complexity index is 2060. The van der Waals surface area contributed by atoms with E-state index in [-0.39, 0.29) is 0 Å². The van der Waals surface area contributed by atoms with Gasteiger partial charge in [-0.05, 0) is 64.0 Å². The van der Waals surface area contributed by atoms with Crippen molar-refractivity contribution >= 4 is 65.2 Å². The molecule has 8 rings (SSSR count).